The average molecular weight is 374 g/mol. The van der Waals surface area contributed by atoms with Crippen molar-refractivity contribution in [3.63, 3.8) is 0 Å². The average Bonchev–Trinajstić information content (AvgIpc) is 2.42. The van der Waals surface area contributed by atoms with Crippen molar-refractivity contribution in [2.45, 2.75) is 13.5 Å². The summed E-state index contributed by atoms with van der Waals surface area (Å²) in [6.45, 7) is 3.78. The van der Waals surface area contributed by atoms with E-state index in [1.165, 1.54) is 0 Å². The number of pyridine rings is 1. The molecular weight excluding hydrogens is 355 g/mol. The summed E-state index contributed by atoms with van der Waals surface area (Å²) in [5.41, 5.74) is 1.01. The van der Waals surface area contributed by atoms with Crippen LogP contribution in [0.25, 0.3) is 0 Å². The van der Waals surface area contributed by atoms with Crippen LogP contribution in [-0.4, -0.2) is 31.1 Å². The Balaban J connectivity index is 0.00000324. The molecule has 0 saturated carbocycles. The summed E-state index contributed by atoms with van der Waals surface area (Å²) in [7, 11) is 1.59. The van der Waals surface area contributed by atoms with Gasteiger partial charge in [-0.25, -0.2) is 9.98 Å². The molecule has 0 radical (unpaired) electrons. The lowest BCUT2D eigenvalue weighted by molar-refractivity contribution is 0.397. The van der Waals surface area contributed by atoms with E-state index in [0.717, 1.165) is 12.1 Å². The molecule has 0 saturated heterocycles. The van der Waals surface area contributed by atoms with Gasteiger partial charge in [-0.3, -0.25) is 0 Å². The van der Waals surface area contributed by atoms with E-state index in [9.17, 15) is 0 Å². The Bertz CT molecular complexity index is 425. The Morgan fingerprint density at radius 1 is 1.47 bits per heavy atom. The molecule has 0 bridgehead atoms. The summed E-state index contributed by atoms with van der Waals surface area (Å²) in [5.74, 6) is 3.81. The second kappa shape index (κ2) is 10.4. The van der Waals surface area contributed by atoms with Crippen molar-refractivity contribution in [3.05, 3.63) is 23.9 Å². The Kier molecular flexibility index (Phi) is 9.62. The number of aliphatic imine (C=N–C) groups is 1. The third-order valence-electron chi connectivity index (χ3n) is 2.13. The van der Waals surface area contributed by atoms with Crippen LogP contribution in [0.3, 0.4) is 0 Å². The van der Waals surface area contributed by atoms with Crippen LogP contribution in [0.1, 0.15) is 12.5 Å². The quantitative estimate of drug-likeness (QED) is 0.354. The van der Waals surface area contributed by atoms with Gasteiger partial charge in [0.15, 0.2) is 5.96 Å². The number of guanidine groups is 1. The largest absolute Gasteiger partial charge is 0.481 e. The van der Waals surface area contributed by atoms with E-state index in [4.69, 9.17) is 11.2 Å². The maximum absolute atomic E-state index is 5.19. The topological polar surface area (TPSA) is 58.5 Å². The summed E-state index contributed by atoms with van der Waals surface area (Å²) in [4.78, 5) is 8.51. The number of nitrogens with zero attached hydrogens (tertiary/aromatic N) is 2. The Labute approximate surface area is 131 Å². The van der Waals surface area contributed by atoms with E-state index < -0.39 is 0 Å². The molecule has 0 aliphatic rings. The van der Waals surface area contributed by atoms with Gasteiger partial charge in [-0.1, -0.05) is 12.0 Å². The van der Waals surface area contributed by atoms with E-state index in [0.29, 0.717) is 24.9 Å². The first-order valence-electron chi connectivity index (χ1n) is 5.74. The Morgan fingerprint density at radius 2 is 2.26 bits per heavy atom. The monoisotopic (exact) mass is 374 g/mol. The van der Waals surface area contributed by atoms with Crippen LogP contribution in [0, 0.1) is 12.3 Å². The maximum atomic E-state index is 5.19. The molecule has 0 atom stereocenters. The molecule has 0 fully saturated rings. The number of nitrogens with one attached hydrogen (secondary N) is 2. The first-order chi connectivity index (χ1) is 8.80. The van der Waals surface area contributed by atoms with Gasteiger partial charge in [0.25, 0.3) is 0 Å². The second-order valence-electron chi connectivity index (χ2n) is 3.46. The molecule has 1 heterocycles. The molecule has 0 aromatic carbocycles. The first kappa shape index (κ1) is 17.5. The zero-order valence-corrected chi connectivity index (χ0v) is 13.5. The van der Waals surface area contributed by atoms with Gasteiger partial charge in [-0.05, 0) is 12.5 Å². The highest BCUT2D eigenvalue weighted by molar-refractivity contribution is 14.0. The minimum Gasteiger partial charge on any atom is -0.481 e. The van der Waals surface area contributed by atoms with Crippen molar-refractivity contribution >= 4 is 29.9 Å². The molecule has 0 aliphatic carbocycles. The van der Waals surface area contributed by atoms with Gasteiger partial charge in [-0.15, -0.1) is 30.4 Å². The first-order valence-corrected chi connectivity index (χ1v) is 5.74. The van der Waals surface area contributed by atoms with E-state index in [-0.39, 0.29) is 24.0 Å². The highest BCUT2D eigenvalue weighted by Crippen LogP contribution is 2.07. The number of ether oxygens (including phenoxy) is 1. The van der Waals surface area contributed by atoms with Gasteiger partial charge < -0.3 is 15.4 Å². The number of terminal acetylenes is 1. The Hall–Kier alpha value is -1.49. The normalized spacial score (nSPS) is 10.1. The molecule has 2 N–H and O–H groups in total. The molecule has 1 aromatic heterocycles. The number of aromatic nitrogens is 1. The van der Waals surface area contributed by atoms with Crippen molar-refractivity contribution in [1.29, 1.82) is 0 Å². The maximum Gasteiger partial charge on any atom is 0.212 e. The minimum atomic E-state index is 0. The van der Waals surface area contributed by atoms with Crippen LogP contribution in [-0.2, 0) is 6.54 Å². The lowest BCUT2D eigenvalue weighted by Crippen LogP contribution is -2.37. The molecule has 5 nitrogen and oxygen atoms in total. The molecular formula is C13H19IN4O. The smallest absolute Gasteiger partial charge is 0.212 e. The predicted molar refractivity (Wildman–Crippen MR) is 87.9 cm³/mol. The van der Waals surface area contributed by atoms with Gasteiger partial charge in [0.2, 0.25) is 5.88 Å². The lowest BCUT2D eigenvalue weighted by Gasteiger charge is -2.08. The third-order valence-corrected chi connectivity index (χ3v) is 2.13. The highest BCUT2D eigenvalue weighted by Gasteiger charge is 1.97. The molecule has 1 rings (SSSR count). The predicted octanol–water partition coefficient (Wildman–Crippen LogP) is 1.40. The fraction of sp³-hybridized carbons (Fsp3) is 0.385. The number of halogens is 1. The molecule has 0 amide bonds. The minimum absolute atomic E-state index is 0. The van der Waals surface area contributed by atoms with Crippen LogP contribution in [0.5, 0.6) is 5.88 Å². The zero-order valence-electron chi connectivity index (χ0n) is 11.1. The number of rotatable bonds is 5. The van der Waals surface area contributed by atoms with Crippen LogP contribution in [0.2, 0.25) is 0 Å². The van der Waals surface area contributed by atoms with Crippen LogP contribution in [0.4, 0.5) is 0 Å². The van der Waals surface area contributed by atoms with E-state index in [2.05, 4.69) is 26.5 Å². The van der Waals surface area contributed by atoms with Crippen molar-refractivity contribution in [3.8, 4) is 18.2 Å². The zero-order chi connectivity index (χ0) is 13.2. The molecule has 0 unspecified atom stereocenters. The molecule has 1 aromatic rings. The van der Waals surface area contributed by atoms with E-state index in [1.54, 1.807) is 13.3 Å². The molecule has 6 heteroatoms. The molecule has 0 aliphatic heterocycles. The van der Waals surface area contributed by atoms with Gasteiger partial charge >= 0.3 is 0 Å². The second-order valence-corrected chi connectivity index (χ2v) is 3.46. The van der Waals surface area contributed by atoms with Gasteiger partial charge in [-0.2, -0.15) is 0 Å². The fourth-order valence-electron chi connectivity index (χ4n) is 1.27. The number of methoxy groups -OCH3 is 1. The van der Waals surface area contributed by atoms with Crippen molar-refractivity contribution in [2.75, 3.05) is 20.2 Å². The van der Waals surface area contributed by atoms with Gasteiger partial charge in [0.05, 0.1) is 20.2 Å². The fourth-order valence-corrected chi connectivity index (χ4v) is 1.27. The van der Waals surface area contributed by atoms with Crippen molar-refractivity contribution in [2.24, 2.45) is 4.99 Å². The van der Waals surface area contributed by atoms with Gasteiger partial charge in [0, 0.05) is 18.8 Å². The summed E-state index contributed by atoms with van der Waals surface area (Å²) >= 11 is 0. The van der Waals surface area contributed by atoms with Crippen LogP contribution < -0.4 is 15.4 Å². The van der Waals surface area contributed by atoms with Crippen LogP contribution >= 0.6 is 24.0 Å². The van der Waals surface area contributed by atoms with E-state index in [1.807, 2.05) is 19.1 Å². The summed E-state index contributed by atoms with van der Waals surface area (Å²) in [6.07, 6.45) is 6.94. The third kappa shape index (κ3) is 6.86. The lowest BCUT2D eigenvalue weighted by atomic mass is 10.3. The molecule has 19 heavy (non-hydrogen) atoms. The van der Waals surface area contributed by atoms with Crippen LogP contribution in [0.15, 0.2) is 23.3 Å². The molecule has 104 valence electrons. The van der Waals surface area contributed by atoms with Crippen molar-refractivity contribution in [1.82, 2.24) is 15.6 Å². The summed E-state index contributed by atoms with van der Waals surface area (Å²) in [5, 5.41) is 6.13. The summed E-state index contributed by atoms with van der Waals surface area (Å²) < 4.78 is 4.99. The van der Waals surface area contributed by atoms with Gasteiger partial charge in [0.1, 0.15) is 0 Å². The summed E-state index contributed by atoms with van der Waals surface area (Å²) in [6, 6.07) is 3.74. The highest BCUT2D eigenvalue weighted by atomic mass is 127. The van der Waals surface area contributed by atoms with Crippen molar-refractivity contribution < 1.29 is 4.74 Å². The van der Waals surface area contributed by atoms with E-state index >= 15 is 0 Å². The SMILES string of the molecule is C#CCNC(=NCc1ccc(OC)nc1)NCC.I. The molecule has 0 spiro atoms. The number of hydrogen-bond acceptors (Lipinski definition) is 3. The standard InChI is InChI=1S/C13H18N4O.HI/c1-4-8-15-13(14-5-2)17-10-11-6-7-12(18-3)16-9-11;/h1,6-7,9H,5,8,10H2,2-3H3,(H2,14,15,17);1H. The number of hydrogen-bond donors (Lipinski definition) is 2. The Morgan fingerprint density at radius 3 is 2.79 bits per heavy atom.